The maximum Gasteiger partial charge on any atom is 0.311 e. The average molecular weight is 377 g/mol. The molecule has 8 atom stereocenters. The molecule has 4 aliphatic carbocycles. The van der Waals surface area contributed by atoms with Crippen LogP contribution in [0.3, 0.4) is 0 Å². The van der Waals surface area contributed by atoms with Crippen LogP contribution in [0.4, 0.5) is 0 Å². The second-order valence-corrected chi connectivity index (χ2v) is 10.3. The van der Waals surface area contributed by atoms with Crippen molar-refractivity contribution >= 4 is 5.97 Å². The topological polar surface area (TPSA) is 66.8 Å². The zero-order valence-corrected chi connectivity index (χ0v) is 17.3. The van der Waals surface area contributed by atoms with Gasteiger partial charge in [0.05, 0.1) is 24.7 Å². The van der Waals surface area contributed by atoms with Crippen molar-refractivity contribution in [3.63, 3.8) is 0 Å². The van der Waals surface area contributed by atoms with E-state index < -0.39 is 11.5 Å². The van der Waals surface area contributed by atoms with Gasteiger partial charge in [-0.1, -0.05) is 25.5 Å². The Hall–Kier alpha value is -0.870. The molecule has 0 spiro atoms. The monoisotopic (exact) mass is 376 g/mol. The fourth-order valence-corrected chi connectivity index (χ4v) is 7.78. The van der Waals surface area contributed by atoms with Crippen molar-refractivity contribution < 1.29 is 19.7 Å². The van der Waals surface area contributed by atoms with Gasteiger partial charge >= 0.3 is 5.97 Å². The summed E-state index contributed by atoms with van der Waals surface area (Å²) in [6.07, 6.45) is 9.89. The van der Waals surface area contributed by atoms with Gasteiger partial charge in [-0.25, -0.2) is 0 Å². The van der Waals surface area contributed by atoms with Crippen LogP contribution in [0.1, 0.15) is 72.1 Å². The summed E-state index contributed by atoms with van der Waals surface area (Å²) in [5, 5.41) is 21.8. The van der Waals surface area contributed by atoms with Crippen LogP contribution in [0, 0.1) is 34.5 Å². The first kappa shape index (κ1) is 19.4. The van der Waals surface area contributed by atoms with Gasteiger partial charge in [-0.3, -0.25) is 4.79 Å². The number of esters is 1. The van der Waals surface area contributed by atoms with Crippen LogP contribution in [-0.2, 0) is 9.53 Å². The van der Waals surface area contributed by atoms with Crippen molar-refractivity contribution in [3.8, 4) is 0 Å². The van der Waals surface area contributed by atoms with E-state index in [2.05, 4.69) is 19.9 Å². The molecule has 0 saturated heterocycles. The lowest BCUT2D eigenvalue weighted by Crippen LogP contribution is -2.57. The van der Waals surface area contributed by atoms with E-state index in [1.165, 1.54) is 12.7 Å². The van der Waals surface area contributed by atoms with Crippen molar-refractivity contribution in [2.45, 2.75) is 83.8 Å². The quantitative estimate of drug-likeness (QED) is 0.567. The minimum Gasteiger partial charge on any atom is -0.469 e. The van der Waals surface area contributed by atoms with Crippen LogP contribution in [-0.4, -0.2) is 35.0 Å². The molecule has 3 fully saturated rings. The first-order valence-electron chi connectivity index (χ1n) is 10.8. The zero-order chi connectivity index (χ0) is 19.6. The highest BCUT2D eigenvalue weighted by atomic mass is 16.5. The molecule has 0 radical (unpaired) electrons. The number of fused-ring (bicyclic) bond motifs is 5. The average Bonchev–Trinajstić information content (AvgIpc) is 2.93. The van der Waals surface area contributed by atoms with Crippen LogP contribution in [0.25, 0.3) is 0 Å². The molecule has 0 aliphatic heterocycles. The van der Waals surface area contributed by atoms with Crippen LogP contribution in [0.15, 0.2) is 11.6 Å². The number of carbonyl (C=O) groups is 1. The highest BCUT2D eigenvalue weighted by molar-refractivity contribution is 5.73. The number of methoxy groups -OCH3 is 1. The zero-order valence-electron chi connectivity index (χ0n) is 17.3. The summed E-state index contributed by atoms with van der Waals surface area (Å²) < 4.78 is 4.99. The maximum absolute atomic E-state index is 12.3. The third-order valence-corrected chi connectivity index (χ3v) is 9.56. The Balaban J connectivity index is 1.65. The Morgan fingerprint density at radius 2 is 1.89 bits per heavy atom. The van der Waals surface area contributed by atoms with E-state index in [0.29, 0.717) is 24.2 Å². The van der Waals surface area contributed by atoms with Gasteiger partial charge in [0.15, 0.2) is 0 Å². The number of hydrogen-bond acceptors (Lipinski definition) is 4. The molecular formula is C23H36O4. The Morgan fingerprint density at radius 3 is 2.59 bits per heavy atom. The third-order valence-electron chi connectivity index (χ3n) is 9.56. The van der Waals surface area contributed by atoms with Gasteiger partial charge in [-0.2, -0.15) is 0 Å². The molecule has 4 heteroatoms. The maximum atomic E-state index is 12.3. The lowest BCUT2D eigenvalue weighted by molar-refractivity contribution is -0.177. The van der Waals surface area contributed by atoms with Gasteiger partial charge in [0.2, 0.25) is 0 Å². The van der Waals surface area contributed by atoms with Crippen molar-refractivity contribution in [2.75, 3.05) is 7.11 Å². The highest BCUT2D eigenvalue weighted by Crippen LogP contribution is 2.68. The number of allylic oxidation sites excluding steroid dienone is 1. The van der Waals surface area contributed by atoms with Crippen molar-refractivity contribution in [3.05, 3.63) is 11.6 Å². The molecule has 0 bridgehead atoms. The number of hydrogen-bond donors (Lipinski definition) is 2. The fourth-order valence-electron chi connectivity index (χ4n) is 7.78. The molecular weight excluding hydrogens is 340 g/mol. The summed E-state index contributed by atoms with van der Waals surface area (Å²) in [5.41, 5.74) is 0.487. The van der Waals surface area contributed by atoms with Gasteiger partial charge in [-0.05, 0) is 81.5 Å². The summed E-state index contributed by atoms with van der Waals surface area (Å²) in [5.74, 6) is 0.894. The van der Waals surface area contributed by atoms with E-state index in [0.717, 1.165) is 44.9 Å². The molecule has 0 amide bonds. The molecule has 4 rings (SSSR count). The standard InChI is InChI=1S/C23H36O4/c1-14(20(25)27-4)23(26)12-9-19-17-6-5-15-13-16(24)7-10-21(15,2)18(17)8-11-22(19,23)3/h5,14,16-19,24,26H,6-13H2,1-4H3/t14-,16+,17+,18-,19+,21-,22+,23+/m0/s1. The third kappa shape index (κ3) is 2.51. The Labute approximate surface area is 163 Å². The molecule has 27 heavy (non-hydrogen) atoms. The van der Waals surface area contributed by atoms with E-state index in [-0.39, 0.29) is 22.9 Å². The molecule has 0 heterocycles. The normalized spacial score (nSPS) is 50.1. The second kappa shape index (κ2) is 6.32. The molecule has 4 nitrogen and oxygen atoms in total. The van der Waals surface area contributed by atoms with Crippen LogP contribution in [0.5, 0.6) is 0 Å². The first-order valence-corrected chi connectivity index (χ1v) is 10.8. The Kier molecular flexibility index (Phi) is 4.55. The molecule has 0 aromatic rings. The fraction of sp³-hybridized carbons (Fsp3) is 0.870. The van der Waals surface area contributed by atoms with E-state index in [4.69, 9.17) is 4.74 Å². The Morgan fingerprint density at radius 1 is 1.19 bits per heavy atom. The molecule has 2 N–H and O–H groups in total. The van der Waals surface area contributed by atoms with Crippen molar-refractivity contribution in [2.24, 2.45) is 34.5 Å². The predicted molar refractivity (Wildman–Crippen MR) is 104 cm³/mol. The predicted octanol–water partition coefficient (Wildman–Crippen LogP) is 3.85. The summed E-state index contributed by atoms with van der Waals surface area (Å²) in [6, 6.07) is 0. The van der Waals surface area contributed by atoms with Crippen molar-refractivity contribution in [1.29, 1.82) is 0 Å². The van der Waals surface area contributed by atoms with Gasteiger partial charge < -0.3 is 14.9 Å². The van der Waals surface area contributed by atoms with Crippen LogP contribution < -0.4 is 0 Å². The molecule has 0 aromatic heterocycles. The lowest BCUT2D eigenvalue weighted by atomic mass is 9.46. The minimum absolute atomic E-state index is 0.174. The number of rotatable bonds is 2. The van der Waals surface area contributed by atoms with E-state index in [1.54, 1.807) is 0 Å². The number of aliphatic hydroxyl groups excluding tert-OH is 1. The largest absolute Gasteiger partial charge is 0.469 e. The molecule has 3 saturated carbocycles. The van der Waals surface area contributed by atoms with Crippen LogP contribution >= 0.6 is 0 Å². The molecule has 152 valence electrons. The SMILES string of the molecule is COC(=O)[C@H](C)[C@]1(O)CC[C@@H]2[C@@H]3CC=C4C[C@H](O)CC[C@]4(C)[C@H]3CC[C@]21C. The Bertz CT molecular complexity index is 657. The van der Waals surface area contributed by atoms with Gasteiger partial charge in [-0.15, -0.1) is 0 Å². The highest BCUT2D eigenvalue weighted by Gasteiger charge is 2.66. The van der Waals surface area contributed by atoms with Gasteiger partial charge in [0.1, 0.15) is 0 Å². The smallest absolute Gasteiger partial charge is 0.311 e. The molecule has 0 aromatic carbocycles. The summed E-state index contributed by atoms with van der Waals surface area (Å²) in [4.78, 5) is 12.3. The first-order chi connectivity index (χ1) is 12.7. The number of aliphatic hydroxyl groups is 2. The van der Waals surface area contributed by atoms with E-state index >= 15 is 0 Å². The summed E-state index contributed by atoms with van der Waals surface area (Å²) >= 11 is 0. The number of ether oxygens (including phenoxy) is 1. The second-order valence-electron chi connectivity index (χ2n) is 10.3. The van der Waals surface area contributed by atoms with E-state index in [1.807, 2.05) is 6.92 Å². The van der Waals surface area contributed by atoms with Crippen LogP contribution in [0.2, 0.25) is 0 Å². The lowest BCUT2D eigenvalue weighted by Gasteiger charge is -2.59. The van der Waals surface area contributed by atoms with E-state index in [9.17, 15) is 15.0 Å². The number of carbonyl (C=O) groups excluding carboxylic acids is 1. The summed E-state index contributed by atoms with van der Waals surface area (Å²) in [6.45, 7) is 6.49. The van der Waals surface area contributed by atoms with Gasteiger partial charge in [0, 0.05) is 5.41 Å². The molecule has 4 aliphatic rings. The molecule has 0 unspecified atom stereocenters. The summed E-state index contributed by atoms with van der Waals surface area (Å²) in [7, 11) is 1.42. The minimum atomic E-state index is -0.969. The van der Waals surface area contributed by atoms with Gasteiger partial charge in [0.25, 0.3) is 0 Å². The van der Waals surface area contributed by atoms with Crippen molar-refractivity contribution in [1.82, 2.24) is 0 Å².